The molecule has 1 aliphatic rings. The molecule has 2 nitrogen and oxygen atoms in total. The summed E-state index contributed by atoms with van der Waals surface area (Å²) in [4.78, 5) is 0. The normalized spacial score (nSPS) is 24.3. The maximum atomic E-state index is 13.1. The quantitative estimate of drug-likeness (QED) is 0.821. The molecule has 0 amide bonds. The molecule has 2 unspecified atom stereocenters. The molecule has 0 spiro atoms. The maximum Gasteiger partial charge on any atom is 0.123 e. The molecule has 2 atom stereocenters. The van der Waals surface area contributed by atoms with Crippen LogP contribution in [0.5, 0.6) is 0 Å². The van der Waals surface area contributed by atoms with Gasteiger partial charge in [0.15, 0.2) is 0 Å². The fraction of sp³-hybridized carbons (Fsp3) is 0.538. The lowest BCUT2D eigenvalue weighted by Gasteiger charge is -2.26. The van der Waals surface area contributed by atoms with Gasteiger partial charge in [0.1, 0.15) is 5.82 Å². The van der Waals surface area contributed by atoms with Crippen LogP contribution >= 0.6 is 0 Å². The first-order chi connectivity index (χ1) is 7.58. The van der Waals surface area contributed by atoms with E-state index in [1.165, 1.54) is 12.1 Å². The van der Waals surface area contributed by atoms with Crippen molar-refractivity contribution in [1.82, 2.24) is 5.32 Å². The second-order valence-corrected chi connectivity index (χ2v) is 4.85. The fourth-order valence-electron chi connectivity index (χ4n) is 2.39. The molecule has 1 aromatic rings. The van der Waals surface area contributed by atoms with E-state index in [1.807, 2.05) is 0 Å². The molecule has 88 valence electrons. The zero-order valence-electron chi connectivity index (χ0n) is 9.54. The molecular formula is C13H18FNO. The zero-order valence-corrected chi connectivity index (χ0v) is 9.54. The van der Waals surface area contributed by atoms with Gasteiger partial charge in [-0.1, -0.05) is 12.1 Å². The van der Waals surface area contributed by atoms with E-state index in [0.29, 0.717) is 17.9 Å². The maximum absolute atomic E-state index is 13.1. The molecule has 0 radical (unpaired) electrons. The Hall–Kier alpha value is -0.930. The molecule has 1 fully saturated rings. The summed E-state index contributed by atoms with van der Waals surface area (Å²) in [5.74, 6) is 0.195. The highest BCUT2D eigenvalue weighted by Crippen LogP contribution is 2.30. The van der Waals surface area contributed by atoms with Gasteiger partial charge in [0.2, 0.25) is 0 Å². The monoisotopic (exact) mass is 223 g/mol. The summed E-state index contributed by atoms with van der Waals surface area (Å²) in [5, 5.41) is 13.6. The molecule has 0 aromatic heterocycles. The Morgan fingerprint density at radius 1 is 1.56 bits per heavy atom. The number of halogens is 1. The van der Waals surface area contributed by atoms with Crippen molar-refractivity contribution in [3.63, 3.8) is 0 Å². The Bertz CT molecular complexity index is 359. The first kappa shape index (κ1) is 11.6. The first-order valence-electron chi connectivity index (χ1n) is 5.77. The highest BCUT2D eigenvalue weighted by molar-refractivity contribution is 5.22. The summed E-state index contributed by atoms with van der Waals surface area (Å²) in [5.41, 5.74) is -0.266. The highest BCUT2D eigenvalue weighted by atomic mass is 19.1. The summed E-state index contributed by atoms with van der Waals surface area (Å²) in [6, 6.07) is 6.25. The summed E-state index contributed by atoms with van der Waals surface area (Å²) in [6.07, 6.45) is 1.77. The molecule has 1 saturated heterocycles. The van der Waals surface area contributed by atoms with Crippen LogP contribution in [0.2, 0.25) is 0 Å². The van der Waals surface area contributed by atoms with Crippen LogP contribution in [-0.2, 0) is 5.60 Å². The summed E-state index contributed by atoms with van der Waals surface area (Å²) >= 11 is 0. The van der Waals surface area contributed by atoms with Crippen molar-refractivity contribution in [2.75, 3.05) is 13.1 Å². The van der Waals surface area contributed by atoms with Gasteiger partial charge >= 0.3 is 0 Å². The summed E-state index contributed by atoms with van der Waals surface area (Å²) in [7, 11) is 0. The molecule has 0 saturated carbocycles. The largest absolute Gasteiger partial charge is 0.385 e. The van der Waals surface area contributed by atoms with Gasteiger partial charge in [0.25, 0.3) is 0 Å². The van der Waals surface area contributed by atoms with Gasteiger partial charge in [-0.05, 0) is 56.5 Å². The van der Waals surface area contributed by atoms with Crippen molar-refractivity contribution >= 4 is 0 Å². The van der Waals surface area contributed by atoms with Crippen molar-refractivity contribution in [2.24, 2.45) is 5.92 Å². The number of hydrogen-bond acceptors (Lipinski definition) is 2. The minimum absolute atomic E-state index is 0.290. The first-order valence-corrected chi connectivity index (χ1v) is 5.77. The molecule has 1 aromatic carbocycles. The van der Waals surface area contributed by atoms with Crippen LogP contribution in [0.3, 0.4) is 0 Å². The number of aliphatic hydroxyl groups is 1. The Morgan fingerprint density at radius 3 is 3.00 bits per heavy atom. The fourth-order valence-corrected chi connectivity index (χ4v) is 2.39. The van der Waals surface area contributed by atoms with Crippen LogP contribution in [0.4, 0.5) is 4.39 Å². The van der Waals surface area contributed by atoms with Gasteiger partial charge in [0.05, 0.1) is 5.60 Å². The van der Waals surface area contributed by atoms with E-state index in [-0.39, 0.29) is 5.82 Å². The van der Waals surface area contributed by atoms with Gasteiger partial charge in [0, 0.05) is 0 Å². The van der Waals surface area contributed by atoms with E-state index in [0.717, 1.165) is 19.5 Å². The SMILES string of the molecule is CC(O)(CC1CCNC1)c1cccc(F)c1. The molecule has 2 N–H and O–H groups in total. The number of hydrogen-bond donors (Lipinski definition) is 2. The smallest absolute Gasteiger partial charge is 0.123 e. The van der Waals surface area contributed by atoms with Crippen molar-refractivity contribution in [2.45, 2.75) is 25.4 Å². The Morgan fingerprint density at radius 2 is 2.38 bits per heavy atom. The van der Waals surface area contributed by atoms with E-state index in [4.69, 9.17) is 0 Å². The molecule has 16 heavy (non-hydrogen) atoms. The molecule has 1 aliphatic heterocycles. The van der Waals surface area contributed by atoms with Crippen LogP contribution in [-0.4, -0.2) is 18.2 Å². The average molecular weight is 223 g/mol. The average Bonchev–Trinajstić information content (AvgIpc) is 2.70. The zero-order chi connectivity index (χ0) is 11.6. The lowest BCUT2D eigenvalue weighted by molar-refractivity contribution is 0.0323. The Labute approximate surface area is 95.5 Å². The number of rotatable bonds is 3. The Kier molecular flexibility index (Phi) is 3.26. The third-order valence-corrected chi connectivity index (χ3v) is 3.30. The number of benzene rings is 1. The van der Waals surface area contributed by atoms with Crippen molar-refractivity contribution in [1.29, 1.82) is 0 Å². The highest BCUT2D eigenvalue weighted by Gasteiger charge is 2.29. The minimum atomic E-state index is -0.932. The third kappa shape index (κ3) is 2.60. The van der Waals surface area contributed by atoms with Gasteiger partial charge in [-0.3, -0.25) is 0 Å². The second-order valence-electron chi connectivity index (χ2n) is 4.85. The predicted octanol–water partition coefficient (Wildman–Crippen LogP) is 2.03. The summed E-state index contributed by atoms with van der Waals surface area (Å²) in [6.45, 7) is 3.73. The van der Waals surface area contributed by atoms with E-state index in [2.05, 4.69) is 5.32 Å². The lowest BCUT2D eigenvalue weighted by atomic mass is 9.85. The Balaban J connectivity index is 2.10. The van der Waals surface area contributed by atoms with Crippen LogP contribution in [0.1, 0.15) is 25.3 Å². The van der Waals surface area contributed by atoms with E-state index in [1.54, 1.807) is 19.1 Å². The molecule has 3 heteroatoms. The molecule has 0 bridgehead atoms. The van der Waals surface area contributed by atoms with E-state index < -0.39 is 5.60 Å². The molecular weight excluding hydrogens is 205 g/mol. The minimum Gasteiger partial charge on any atom is -0.385 e. The third-order valence-electron chi connectivity index (χ3n) is 3.30. The molecule has 0 aliphatic carbocycles. The van der Waals surface area contributed by atoms with Gasteiger partial charge < -0.3 is 10.4 Å². The van der Waals surface area contributed by atoms with Gasteiger partial charge in [-0.15, -0.1) is 0 Å². The standard InChI is InChI=1S/C13H18FNO/c1-13(16,8-10-5-6-15-9-10)11-3-2-4-12(14)7-11/h2-4,7,10,15-16H,5-6,8-9H2,1H3. The van der Waals surface area contributed by atoms with Gasteiger partial charge in [-0.25, -0.2) is 4.39 Å². The van der Waals surface area contributed by atoms with Crippen molar-refractivity contribution < 1.29 is 9.50 Å². The van der Waals surface area contributed by atoms with Crippen LogP contribution in [0, 0.1) is 11.7 Å². The molecule has 2 rings (SSSR count). The number of nitrogens with one attached hydrogen (secondary N) is 1. The summed E-state index contributed by atoms with van der Waals surface area (Å²) < 4.78 is 13.1. The van der Waals surface area contributed by atoms with E-state index in [9.17, 15) is 9.50 Å². The van der Waals surface area contributed by atoms with Crippen LogP contribution in [0.15, 0.2) is 24.3 Å². The van der Waals surface area contributed by atoms with Crippen molar-refractivity contribution in [3.8, 4) is 0 Å². The lowest BCUT2D eigenvalue weighted by Crippen LogP contribution is -2.26. The van der Waals surface area contributed by atoms with Crippen LogP contribution < -0.4 is 5.32 Å². The van der Waals surface area contributed by atoms with Gasteiger partial charge in [-0.2, -0.15) is 0 Å². The van der Waals surface area contributed by atoms with Crippen molar-refractivity contribution in [3.05, 3.63) is 35.6 Å². The van der Waals surface area contributed by atoms with Crippen LogP contribution in [0.25, 0.3) is 0 Å². The predicted molar refractivity (Wildman–Crippen MR) is 61.6 cm³/mol. The second kappa shape index (κ2) is 4.52. The topological polar surface area (TPSA) is 32.3 Å². The molecule has 1 heterocycles. The van der Waals surface area contributed by atoms with E-state index >= 15 is 0 Å².